The average Bonchev–Trinajstić information content (AvgIpc) is 2.30. The van der Waals surface area contributed by atoms with Crippen molar-refractivity contribution in [2.24, 2.45) is 5.92 Å². The van der Waals surface area contributed by atoms with Crippen molar-refractivity contribution in [2.45, 2.75) is 32.4 Å². The number of methoxy groups -OCH3 is 1. The SMILES string of the molecule is CCNC(CN1CCC(C)C(OC)C1)C(=O)O. The van der Waals surface area contributed by atoms with E-state index >= 15 is 0 Å². The first-order valence-electron chi connectivity index (χ1n) is 6.29. The lowest BCUT2D eigenvalue weighted by Gasteiger charge is -2.37. The summed E-state index contributed by atoms with van der Waals surface area (Å²) in [5.41, 5.74) is 0. The van der Waals surface area contributed by atoms with Gasteiger partial charge in [0.15, 0.2) is 0 Å². The fraction of sp³-hybridized carbons (Fsp3) is 0.917. The molecule has 1 fully saturated rings. The third-order valence-corrected chi connectivity index (χ3v) is 3.47. The van der Waals surface area contributed by atoms with Gasteiger partial charge in [-0.1, -0.05) is 13.8 Å². The van der Waals surface area contributed by atoms with E-state index in [1.54, 1.807) is 7.11 Å². The zero-order chi connectivity index (χ0) is 12.8. The van der Waals surface area contributed by atoms with Crippen molar-refractivity contribution >= 4 is 5.97 Å². The van der Waals surface area contributed by atoms with E-state index in [1.165, 1.54) is 0 Å². The Morgan fingerprint density at radius 3 is 2.88 bits per heavy atom. The molecule has 0 aromatic heterocycles. The molecule has 100 valence electrons. The zero-order valence-corrected chi connectivity index (χ0v) is 11.0. The summed E-state index contributed by atoms with van der Waals surface area (Å²) in [6.45, 7) is 7.12. The van der Waals surface area contributed by atoms with Crippen LogP contribution in [-0.2, 0) is 9.53 Å². The molecule has 1 rings (SSSR count). The summed E-state index contributed by atoms with van der Waals surface area (Å²) < 4.78 is 5.43. The number of nitrogens with zero attached hydrogens (tertiary/aromatic N) is 1. The minimum atomic E-state index is -0.778. The van der Waals surface area contributed by atoms with E-state index in [2.05, 4.69) is 17.1 Å². The Labute approximate surface area is 103 Å². The van der Waals surface area contributed by atoms with Crippen LogP contribution in [0.1, 0.15) is 20.3 Å². The third-order valence-electron chi connectivity index (χ3n) is 3.47. The van der Waals surface area contributed by atoms with Gasteiger partial charge >= 0.3 is 5.97 Å². The highest BCUT2D eigenvalue weighted by atomic mass is 16.5. The molecule has 1 aliphatic rings. The molecule has 0 bridgehead atoms. The number of hydrogen-bond acceptors (Lipinski definition) is 4. The largest absolute Gasteiger partial charge is 0.480 e. The van der Waals surface area contributed by atoms with E-state index in [9.17, 15) is 4.79 Å². The maximum Gasteiger partial charge on any atom is 0.322 e. The van der Waals surface area contributed by atoms with Gasteiger partial charge in [-0.15, -0.1) is 0 Å². The standard InChI is InChI=1S/C12H24N2O3/c1-4-13-10(12(15)16)7-14-6-5-9(2)11(8-14)17-3/h9-11,13H,4-8H2,1-3H3,(H,15,16). The molecule has 3 atom stereocenters. The highest BCUT2D eigenvalue weighted by molar-refractivity contribution is 5.73. The molecular formula is C12H24N2O3. The van der Waals surface area contributed by atoms with Gasteiger partial charge in [0.05, 0.1) is 6.10 Å². The summed E-state index contributed by atoms with van der Waals surface area (Å²) in [7, 11) is 1.73. The second-order valence-electron chi connectivity index (χ2n) is 4.75. The Hall–Kier alpha value is -0.650. The molecule has 5 nitrogen and oxygen atoms in total. The predicted octanol–water partition coefficient (Wildman–Crippen LogP) is 0.406. The number of rotatable bonds is 6. The number of carboxylic acids is 1. The molecule has 1 heterocycles. The Bertz CT molecular complexity index is 248. The quantitative estimate of drug-likeness (QED) is 0.708. The average molecular weight is 244 g/mol. The van der Waals surface area contributed by atoms with Crippen LogP contribution in [0.5, 0.6) is 0 Å². The third kappa shape index (κ3) is 4.26. The van der Waals surface area contributed by atoms with E-state index in [0.717, 1.165) is 19.5 Å². The molecule has 0 radical (unpaired) electrons. The smallest absolute Gasteiger partial charge is 0.322 e. The lowest BCUT2D eigenvalue weighted by Crippen LogP contribution is -2.51. The first-order valence-corrected chi connectivity index (χ1v) is 6.29. The Morgan fingerprint density at radius 1 is 1.65 bits per heavy atom. The van der Waals surface area contributed by atoms with Crippen LogP contribution in [0.25, 0.3) is 0 Å². The summed E-state index contributed by atoms with van der Waals surface area (Å²) in [6.07, 6.45) is 1.29. The van der Waals surface area contributed by atoms with Gasteiger partial charge < -0.3 is 15.2 Å². The molecule has 0 amide bonds. The van der Waals surface area contributed by atoms with E-state index < -0.39 is 12.0 Å². The van der Waals surface area contributed by atoms with Gasteiger partial charge in [0.25, 0.3) is 0 Å². The number of likely N-dealkylation sites (tertiary alicyclic amines) is 1. The number of likely N-dealkylation sites (N-methyl/N-ethyl adjacent to an activating group) is 1. The molecule has 3 unspecified atom stereocenters. The highest BCUT2D eigenvalue weighted by Crippen LogP contribution is 2.19. The predicted molar refractivity (Wildman–Crippen MR) is 66.1 cm³/mol. The van der Waals surface area contributed by atoms with E-state index in [4.69, 9.17) is 9.84 Å². The second kappa shape index (κ2) is 6.93. The Balaban J connectivity index is 2.47. The van der Waals surface area contributed by atoms with Crippen LogP contribution in [0.2, 0.25) is 0 Å². The molecule has 0 aliphatic carbocycles. The highest BCUT2D eigenvalue weighted by Gasteiger charge is 2.28. The molecule has 0 spiro atoms. The number of carboxylic acid groups (broad SMARTS) is 1. The zero-order valence-electron chi connectivity index (χ0n) is 11.0. The second-order valence-corrected chi connectivity index (χ2v) is 4.75. The fourth-order valence-electron chi connectivity index (χ4n) is 2.31. The van der Waals surface area contributed by atoms with Crippen molar-refractivity contribution in [1.29, 1.82) is 0 Å². The normalized spacial score (nSPS) is 27.9. The molecule has 0 aromatic rings. The van der Waals surface area contributed by atoms with Gasteiger partial charge in [-0.3, -0.25) is 9.69 Å². The van der Waals surface area contributed by atoms with Crippen LogP contribution in [0.3, 0.4) is 0 Å². The molecular weight excluding hydrogens is 220 g/mol. The summed E-state index contributed by atoms with van der Waals surface area (Å²) in [4.78, 5) is 13.2. The maximum absolute atomic E-state index is 11.1. The van der Waals surface area contributed by atoms with Gasteiger partial charge in [-0.2, -0.15) is 0 Å². The van der Waals surface area contributed by atoms with Crippen LogP contribution in [-0.4, -0.2) is 61.4 Å². The van der Waals surface area contributed by atoms with Crippen LogP contribution < -0.4 is 5.32 Å². The van der Waals surface area contributed by atoms with Crippen molar-refractivity contribution in [3.63, 3.8) is 0 Å². The van der Waals surface area contributed by atoms with Crippen molar-refractivity contribution in [1.82, 2.24) is 10.2 Å². The van der Waals surface area contributed by atoms with E-state index in [-0.39, 0.29) is 6.10 Å². The van der Waals surface area contributed by atoms with Gasteiger partial charge in [0.2, 0.25) is 0 Å². The molecule has 2 N–H and O–H groups in total. The summed E-state index contributed by atoms with van der Waals surface area (Å²) in [5.74, 6) is -0.224. The monoisotopic (exact) mass is 244 g/mol. The van der Waals surface area contributed by atoms with Crippen LogP contribution >= 0.6 is 0 Å². The molecule has 0 saturated carbocycles. The van der Waals surface area contributed by atoms with E-state index in [0.29, 0.717) is 19.0 Å². The van der Waals surface area contributed by atoms with Crippen LogP contribution in [0, 0.1) is 5.92 Å². The number of ether oxygens (including phenoxy) is 1. The van der Waals surface area contributed by atoms with Crippen molar-refractivity contribution in [3.05, 3.63) is 0 Å². The van der Waals surface area contributed by atoms with Crippen LogP contribution in [0.15, 0.2) is 0 Å². The van der Waals surface area contributed by atoms with Crippen molar-refractivity contribution < 1.29 is 14.6 Å². The number of piperidine rings is 1. The van der Waals surface area contributed by atoms with Crippen molar-refractivity contribution in [3.8, 4) is 0 Å². The topological polar surface area (TPSA) is 61.8 Å². The van der Waals surface area contributed by atoms with Crippen LogP contribution in [0.4, 0.5) is 0 Å². The number of hydrogen-bond donors (Lipinski definition) is 2. The molecule has 5 heteroatoms. The number of aliphatic carboxylic acids is 1. The summed E-state index contributed by atoms with van der Waals surface area (Å²) >= 11 is 0. The maximum atomic E-state index is 11.1. The molecule has 1 saturated heterocycles. The first kappa shape index (κ1) is 14.4. The molecule has 17 heavy (non-hydrogen) atoms. The molecule has 0 aromatic carbocycles. The Kier molecular flexibility index (Phi) is 5.88. The Morgan fingerprint density at radius 2 is 2.35 bits per heavy atom. The van der Waals surface area contributed by atoms with Gasteiger partial charge in [0.1, 0.15) is 6.04 Å². The number of nitrogens with one attached hydrogen (secondary N) is 1. The minimum Gasteiger partial charge on any atom is -0.480 e. The fourth-order valence-corrected chi connectivity index (χ4v) is 2.31. The summed E-state index contributed by atoms with van der Waals surface area (Å²) in [5, 5.41) is 12.1. The van der Waals surface area contributed by atoms with Gasteiger partial charge in [-0.05, 0) is 25.4 Å². The molecule has 1 aliphatic heterocycles. The minimum absolute atomic E-state index is 0.222. The lowest BCUT2D eigenvalue weighted by atomic mass is 9.95. The van der Waals surface area contributed by atoms with Gasteiger partial charge in [-0.25, -0.2) is 0 Å². The van der Waals surface area contributed by atoms with E-state index in [1.807, 2.05) is 6.92 Å². The lowest BCUT2D eigenvalue weighted by molar-refractivity contribution is -0.140. The first-order chi connectivity index (χ1) is 8.08. The van der Waals surface area contributed by atoms with Crippen molar-refractivity contribution in [2.75, 3.05) is 33.3 Å². The number of carbonyl (C=O) groups is 1. The summed E-state index contributed by atoms with van der Waals surface area (Å²) in [6, 6.07) is -0.481. The van der Waals surface area contributed by atoms with Gasteiger partial charge in [0, 0.05) is 20.2 Å².